The Bertz CT molecular complexity index is 531. The van der Waals surface area contributed by atoms with Gasteiger partial charge in [0.05, 0.1) is 6.61 Å². The highest BCUT2D eigenvalue weighted by atomic mass is 127. The first-order valence-electron chi connectivity index (χ1n) is 7.95. The lowest BCUT2D eigenvalue weighted by molar-refractivity contribution is 0.181. The monoisotopic (exact) mass is 493 g/mol. The van der Waals surface area contributed by atoms with Gasteiger partial charge in [0.25, 0.3) is 0 Å². The van der Waals surface area contributed by atoms with Gasteiger partial charge in [0.2, 0.25) is 0 Å². The summed E-state index contributed by atoms with van der Waals surface area (Å²) >= 11 is 3.49. The molecule has 3 rings (SSSR count). The highest BCUT2D eigenvalue weighted by molar-refractivity contribution is 14.0. The van der Waals surface area contributed by atoms with Crippen LogP contribution >= 0.6 is 39.9 Å². The maximum atomic E-state index is 5.46. The van der Waals surface area contributed by atoms with E-state index in [0.29, 0.717) is 17.9 Å². The SMILES string of the molecule is CN=C(NC1CC1c1ccc(Br)cc1)N(C)CC1CCOC1.I. The maximum absolute atomic E-state index is 5.46. The number of rotatable bonds is 4. The minimum Gasteiger partial charge on any atom is -0.381 e. The summed E-state index contributed by atoms with van der Waals surface area (Å²) in [6, 6.07) is 9.15. The topological polar surface area (TPSA) is 36.9 Å². The molecule has 1 aliphatic carbocycles. The van der Waals surface area contributed by atoms with E-state index in [4.69, 9.17) is 4.74 Å². The Hall–Kier alpha value is -0.340. The zero-order chi connectivity index (χ0) is 15.5. The van der Waals surface area contributed by atoms with Gasteiger partial charge in [0.15, 0.2) is 5.96 Å². The highest BCUT2D eigenvalue weighted by Crippen LogP contribution is 2.41. The molecule has 1 aliphatic heterocycles. The maximum Gasteiger partial charge on any atom is 0.193 e. The van der Waals surface area contributed by atoms with Crippen molar-refractivity contribution >= 4 is 45.9 Å². The first-order valence-corrected chi connectivity index (χ1v) is 8.74. The van der Waals surface area contributed by atoms with E-state index in [9.17, 15) is 0 Å². The molecular formula is C17H25BrIN3O. The molecule has 23 heavy (non-hydrogen) atoms. The van der Waals surface area contributed by atoms with E-state index < -0.39 is 0 Å². The molecular weight excluding hydrogens is 469 g/mol. The van der Waals surface area contributed by atoms with Crippen molar-refractivity contribution in [2.24, 2.45) is 10.9 Å². The molecule has 128 valence electrons. The van der Waals surface area contributed by atoms with Crippen molar-refractivity contribution in [1.82, 2.24) is 10.2 Å². The van der Waals surface area contributed by atoms with E-state index >= 15 is 0 Å². The quantitative estimate of drug-likeness (QED) is 0.396. The Morgan fingerprint density at radius 2 is 2.13 bits per heavy atom. The standard InChI is InChI=1S/C17H24BrN3O.HI/c1-19-17(21(2)10-12-7-8-22-11-12)20-16-9-15(16)13-3-5-14(18)6-4-13;/h3-6,12,15-16H,7-11H2,1-2H3,(H,19,20);1H. The number of hydrogen-bond acceptors (Lipinski definition) is 2. The fraction of sp³-hybridized carbons (Fsp3) is 0.588. The van der Waals surface area contributed by atoms with Crippen LogP contribution in [-0.2, 0) is 4.74 Å². The highest BCUT2D eigenvalue weighted by Gasteiger charge is 2.39. The zero-order valence-electron chi connectivity index (χ0n) is 13.7. The molecule has 1 aromatic carbocycles. The lowest BCUT2D eigenvalue weighted by Crippen LogP contribution is -2.42. The second-order valence-corrected chi connectivity index (χ2v) is 7.22. The van der Waals surface area contributed by atoms with Gasteiger partial charge in [-0.2, -0.15) is 0 Å². The van der Waals surface area contributed by atoms with Gasteiger partial charge in [-0.05, 0) is 30.5 Å². The second kappa shape index (κ2) is 8.67. The van der Waals surface area contributed by atoms with E-state index in [1.807, 2.05) is 7.05 Å². The van der Waals surface area contributed by atoms with Gasteiger partial charge >= 0.3 is 0 Å². The summed E-state index contributed by atoms with van der Waals surface area (Å²) in [5.74, 6) is 2.23. The van der Waals surface area contributed by atoms with Crippen molar-refractivity contribution in [3.8, 4) is 0 Å². The van der Waals surface area contributed by atoms with Crippen LogP contribution in [0.1, 0.15) is 24.3 Å². The lowest BCUT2D eigenvalue weighted by Gasteiger charge is -2.24. The van der Waals surface area contributed by atoms with Crippen molar-refractivity contribution in [2.75, 3.05) is 33.9 Å². The first kappa shape index (κ1) is 19.0. The largest absolute Gasteiger partial charge is 0.381 e. The summed E-state index contributed by atoms with van der Waals surface area (Å²) in [4.78, 5) is 6.67. The Balaban J connectivity index is 0.00000192. The number of nitrogens with one attached hydrogen (secondary N) is 1. The smallest absolute Gasteiger partial charge is 0.193 e. The van der Waals surface area contributed by atoms with Crippen LogP contribution < -0.4 is 5.32 Å². The Morgan fingerprint density at radius 3 is 2.74 bits per heavy atom. The molecule has 1 saturated carbocycles. The lowest BCUT2D eigenvalue weighted by atomic mass is 10.1. The average molecular weight is 494 g/mol. The molecule has 2 aliphatic rings. The van der Waals surface area contributed by atoms with Crippen LogP contribution in [0.25, 0.3) is 0 Å². The molecule has 0 radical (unpaired) electrons. The predicted octanol–water partition coefficient (Wildman–Crippen LogP) is 3.47. The van der Waals surface area contributed by atoms with Crippen LogP contribution in [0.4, 0.5) is 0 Å². The summed E-state index contributed by atoms with van der Waals surface area (Å²) in [6.07, 6.45) is 2.34. The normalized spacial score (nSPS) is 26.6. The third-order valence-electron chi connectivity index (χ3n) is 4.53. The summed E-state index contributed by atoms with van der Waals surface area (Å²) < 4.78 is 6.59. The molecule has 4 nitrogen and oxygen atoms in total. The van der Waals surface area contributed by atoms with Crippen molar-refractivity contribution in [3.05, 3.63) is 34.3 Å². The zero-order valence-corrected chi connectivity index (χ0v) is 17.6. The summed E-state index contributed by atoms with van der Waals surface area (Å²) in [5.41, 5.74) is 1.41. The minimum absolute atomic E-state index is 0. The molecule has 3 atom stereocenters. The van der Waals surface area contributed by atoms with E-state index in [-0.39, 0.29) is 24.0 Å². The van der Waals surface area contributed by atoms with Crippen LogP contribution in [0.15, 0.2) is 33.7 Å². The molecule has 2 fully saturated rings. The van der Waals surface area contributed by atoms with Gasteiger partial charge in [-0.3, -0.25) is 4.99 Å². The van der Waals surface area contributed by atoms with Gasteiger partial charge in [-0.25, -0.2) is 0 Å². The van der Waals surface area contributed by atoms with Crippen LogP contribution in [0.5, 0.6) is 0 Å². The van der Waals surface area contributed by atoms with Crippen molar-refractivity contribution in [3.63, 3.8) is 0 Å². The van der Waals surface area contributed by atoms with Gasteiger partial charge in [-0.15, -0.1) is 24.0 Å². The molecule has 0 amide bonds. The van der Waals surface area contributed by atoms with Gasteiger partial charge in [0, 0.05) is 49.6 Å². The van der Waals surface area contributed by atoms with Gasteiger partial charge in [0.1, 0.15) is 0 Å². The van der Waals surface area contributed by atoms with Crippen LogP contribution in [0.3, 0.4) is 0 Å². The van der Waals surface area contributed by atoms with Crippen LogP contribution in [-0.4, -0.2) is 50.8 Å². The number of aliphatic imine (C=N–C) groups is 1. The number of nitrogens with zero attached hydrogens (tertiary/aromatic N) is 2. The Kier molecular flexibility index (Phi) is 7.16. The molecule has 0 spiro atoms. The molecule has 0 bridgehead atoms. The van der Waals surface area contributed by atoms with Crippen LogP contribution in [0.2, 0.25) is 0 Å². The van der Waals surface area contributed by atoms with E-state index in [0.717, 1.165) is 36.6 Å². The number of halogens is 2. The van der Waals surface area contributed by atoms with E-state index in [1.54, 1.807) is 0 Å². The van der Waals surface area contributed by atoms with Gasteiger partial charge < -0.3 is 15.0 Å². The van der Waals surface area contributed by atoms with Crippen molar-refractivity contribution in [1.29, 1.82) is 0 Å². The van der Waals surface area contributed by atoms with E-state index in [1.165, 1.54) is 12.0 Å². The summed E-state index contributed by atoms with van der Waals surface area (Å²) in [7, 11) is 3.98. The van der Waals surface area contributed by atoms with Crippen LogP contribution in [0, 0.1) is 5.92 Å². The minimum atomic E-state index is 0. The van der Waals surface area contributed by atoms with E-state index in [2.05, 4.69) is 62.5 Å². The molecule has 3 unspecified atom stereocenters. The Morgan fingerprint density at radius 1 is 1.39 bits per heavy atom. The predicted molar refractivity (Wildman–Crippen MR) is 109 cm³/mol. The van der Waals surface area contributed by atoms with Gasteiger partial charge in [-0.1, -0.05) is 28.1 Å². The number of guanidine groups is 1. The third kappa shape index (κ3) is 5.06. The van der Waals surface area contributed by atoms with Crippen molar-refractivity contribution < 1.29 is 4.74 Å². The number of hydrogen-bond donors (Lipinski definition) is 1. The summed E-state index contributed by atoms with van der Waals surface area (Å²) in [5, 5.41) is 3.60. The molecule has 1 heterocycles. The number of benzene rings is 1. The number of ether oxygens (including phenoxy) is 1. The molecule has 6 heteroatoms. The third-order valence-corrected chi connectivity index (χ3v) is 5.06. The summed E-state index contributed by atoms with van der Waals surface area (Å²) in [6.45, 7) is 2.79. The fourth-order valence-corrected chi connectivity index (χ4v) is 3.41. The average Bonchev–Trinajstić information content (AvgIpc) is 3.10. The molecule has 1 N–H and O–H groups in total. The molecule has 1 saturated heterocycles. The Labute approximate surface area is 164 Å². The van der Waals surface area contributed by atoms with Crippen molar-refractivity contribution in [2.45, 2.75) is 24.8 Å². The first-order chi connectivity index (χ1) is 10.7. The second-order valence-electron chi connectivity index (χ2n) is 6.30. The fourth-order valence-electron chi connectivity index (χ4n) is 3.15. The molecule has 0 aromatic heterocycles. The molecule has 1 aromatic rings.